The fourth-order valence-corrected chi connectivity index (χ4v) is 5.50. The molecule has 27 heavy (non-hydrogen) atoms. The molecule has 1 aromatic carbocycles. The van der Waals surface area contributed by atoms with Crippen molar-refractivity contribution in [1.29, 1.82) is 0 Å². The molecule has 3 atom stereocenters. The van der Waals surface area contributed by atoms with Crippen LogP contribution in [0.15, 0.2) is 24.4 Å². The summed E-state index contributed by atoms with van der Waals surface area (Å²) in [7, 11) is 3.93. The number of fused-ring (bicyclic) bond motifs is 2. The van der Waals surface area contributed by atoms with Crippen LogP contribution in [-0.4, -0.2) is 66.6 Å². The number of amides is 3. The molecule has 142 valence electrons. The van der Waals surface area contributed by atoms with Crippen molar-refractivity contribution in [1.82, 2.24) is 20.1 Å². The molecule has 0 saturated carbocycles. The van der Waals surface area contributed by atoms with Crippen molar-refractivity contribution >= 4 is 22.8 Å². The highest BCUT2D eigenvalue weighted by Gasteiger charge is 2.52. The van der Waals surface area contributed by atoms with E-state index in [-0.39, 0.29) is 30.4 Å². The van der Waals surface area contributed by atoms with Crippen molar-refractivity contribution in [2.75, 3.05) is 33.8 Å². The first kappa shape index (κ1) is 16.8. The van der Waals surface area contributed by atoms with Gasteiger partial charge in [-0.15, -0.1) is 0 Å². The second-order valence-electron chi connectivity index (χ2n) is 8.10. The normalized spacial score (nSPS) is 30.7. The van der Waals surface area contributed by atoms with Gasteiger partial charge in [-0.25, -0.2) is 4.79 Å². The molecular weight excluding hydrogens is 344 g/mol. The molecule has 3 amide bonds. The average molecular weight is 368 g/mol. The van der Waals surface area contributed by atoms with Crippen LogP contribution in [0.4, 0.5) is 4.79 Å². The number of likely N-dealkylation sites (N-methyl/N-ethyl adjacent to an activating group) is 1. The number of imide groups is 1. The molecular formula is C20H24N4O3. The van der Waals surface area contributed by atoms with Crippen molar-refractivity contribution in [3.63, 3.8) is 0 Å². The Bertz CT molecular complexity index is 938. The van der Waals surface area contributed by atoms with Gasteiger partial charge in [0.25, 0.3) is 0 Å². The van der Waals surface area contributed by atoms with Gasteiger partial charge in [0.2, 0.25) is 5.91 Å². The molecule has 0 spiro atoms. The van der Waals surface area contributed by atoms with Crippen LogP contribution < -0.4 is 5.32 Å². The number of ether oxygens (including phenoxy) is 1. The lowest BCUT2D eigenvalue weighted by Gasteiger charge is -2.53. The number of carbonyl (C=O) groups is 2. The zero-order chi connectivity index (χ0) is 18.8. The summed E-state index contributed by atoms with van der Waals surface area (Å²) in [6, 6.07) is 6.34. The maximum Gasteiger partial charge on any atom is 0.324 e. The third-order valence-electron chi connectivity index (χ3n) is 6.58. The second-order valence-corrected chi connectivity index (χ2v) is 8.10. The van der Waals surface area contributed by atoms with Crippen molar-refractivity contribution in [3.05, 3.63) is 35.5 Å². The van der Waals surface area contributed by atoms with E-state index < -0.39 is 5.60 Å². The first-order valence-electron chi connectivity index (χ1n) is 9.45. The molecule has 3 heterocycles. The van der Waals surface area contributed by atoms with Gasteiger partial charge in [0, 0.05) is 43.3 Å². The van der Waals surface area contributed by atoms with Gasteiger partial charge >= 0.3 is 6.03 Å². The Morgan fingerprint density at radius 2 is 2.19 bits per heavy atom. The lowest BCUT2D eigenvalue weighted by atomic mass is 9.68. The third-order valence-corrected chi connectivity index (χ3v) is 6.58. The Balaban J connectivity index is 1.53. The lowest BCUT2D eigenvalue weighted by molar-refractivity contribution is -0.127. The largest absolute Gasteiger partial charge is 0.372 e. The van der Waals surface area contributed by atoms with Crippen LogP contribution in [0.25, 0.3) is 10.9 Å². The predicted molar refractivity (Wildman–Crippen MR) is 100 cm³/mol. The molecule has 1 aromatic heterocycles. The summed E-state index contributed by atoms with van der Waals surface area (Å²) in [6.07, 6.45) is 3.89. The summed E-state index contributed by atoms with van der Waals surface area (Å²) < 4.78 is 6.27. The number of aromatic amines is 1. The minimum absolute atomic E-state index is 0.153. The van der Waals surface area contributed by atoms with Crippen LogP contribution in [0.1, 0.15) is 17.5 Å². The third kappa shape index (κ3) is 2.34. The zero-order valence-corrected chi connectivity index (χ0v) is 15.6. The number of urea groups is 1. The predicted octanol–water partition coefficient (Wildman–Crippen LogP) is 1.44. The van der Waals surface area contributed by atoms with Crippen LogP contribution in [0.2, 0.25) is 0 Å². The number of nitrogens with one attached hydrogen (secondary N) is 2. The number of H-pyrrole nitrogens is 1. The van der Waals surface area contributed by atoms with Gasteiger partial charge in [-0.2, -0.15) is 0 Å². The Morgan fingerprint density at radius 3 is 2.93 bits per heavy atom. The summed E-state index contributed by atoms with van der Waals surface area (Å²) in [6.45, 7) is 1.60. The molecule has 3 aliphatic rings. The number of carbonyl (C=O) groups excluding carboxylic acids is 2. The van der Waals surface area contributed by atoms with Crippen molar-refractivity contribution in [2.24, 2.45) is 5.92 Å². The summed E-state index contributed by atoms with van der Waals surface area (Å²) in [4.78, 5) is 30.9. The van der Waals surface area contributed by atoms with Gasteiger partial charge in [-0.1, -0.05) is 12.1 Å². The van der Waals surface area contributed by atoms with E-state index in [2.05, 4.69) is 46.6 Å². The van der Waals surface area contributed by atoms with Crippen LogP contribution in [0.5, 0.6) is 0 Å². The number of piperidine rings is 1. The molecule has 7 heteroatoms. The van der Waals surface area contributed by atoms with E-state index in [1.807, 2.05) is 0 Å². The Morgan fingerprint density at radius 1 is 1.33 bits per heavy atom. The molecule has 1 unspecified atom stereocenters. The first-order chi connectivity index (χ1) is 13.0. The quantitative estimate of drug-likeness (QED) is 0.804. The molecule has 1 aliphatic carbocycles. The molecule has 2 N–H and O–H groups in total. The Labute approximate surface area is 157 Å². The molecule has 0 radical (unpaired) electrons. The molecule has 2 aromatic rings. The number of hydrogen-bond acceptors (Lipinski definition) is 4. The highest BCUT2D eigenvalue weighted by atomic mass is 16.5. The van der Waals surface area contributed by atoms with Gasteiger partial charge in [-0.3, -0.25) is 15.0 Å². The van der Waals surface area contributed by atoms with E-state index in [0.29, 0.717) is 6.54 Å². The monoisotopic (exact) mass is 368 g/mol. The van der Waals surface area contributed by atoms with Crippen molar-refractivity contribution in [3.8, 4) is 0 Å². The Hall–Kier alpha value is -2.38. The van der Waals surface area contributed by atoms with E-state index in [0.717, 1.165) is 24.9 Å². The highest BCUT2D eigenvalue weighted by molar-refractivity contribution is 6.01. The number of aromatic nitrogens is 1. The zero-order valence-electron chi connectivity index (χ0n) is 15.6. The smallest absolute Gasteiger partial charge is 0.324 e. The molecule has 5 rings (SSSR count). The summed E-state index contributed by atoms with van der Waals surface area (Å²) in [5, 5.41) is 3.65. The number of nitrogens with zero attached hydrogens (tertiary/aromatic N) is 2. The first-order valence-corrected chi connectivity index (χ1v) is 9.45. The number of hydrogen-bond donors (Lipinski definition) is 2. The summed E-state index contributed by atoms with van der Waals surface area (Å²) in [5.74, 6) is 0.0153. The average Bonchev–Trinajstić information content (AvgIpc) is 3.20. The van der Waals surface area contributed by atoms with Gasteiger partial charge in [0.05, 0.1) is 0 Å². The van der Waals surface area contributed by atoms with E-state index in [1.54, 1.807) is 12.0 Å². The Kier molecular flexibility index (Phi) is 3.61. The topological polar surface area (TPSA) is 77.7 Å². The molecule has 0 bridgehead atoms. The van der Waals surface area contributed by atoms with E-state index in [4.69, 9.17) is 4.74 Å². The van der Waals surface area contributed by atoms with Gasteiger partial charge < -0.3 is 14.6 Å². The standard InChI is InChI=1S/C20H24N4O3/c1-23-9-12(10-24-11-17(25)22-19(24)26)7-20(27-2)14-4-3-5-15-18(14)13(8-21-15)6-16(20)23/h3-5,8,12,16,21H,6-7,9-11H2,1-2H3,(H,22,25,26)/t12-,16-,20?/m1/s1. The summed E-state index contributed by atoms with van der Waals surface area (Å²) in [5.41, 5.74) is 3.31. The summed E-state index contributed by atoms with van der Waals surface area (Å²) >= 11 is 0. The minimum Gasteiger partial charge on any atom is -0.372 e. The van der Waals surface area contributed by atoms with Crippen molar-refractivity contribution < 1.29 is 14.3 Å². The maximum atomic E-state index is 12.0. The van der Waals surface area contributed by atoms with Gasteiger partial charge in [0.15, 0.2) is 0 Å². The molecule has 2 fully saturated rings. The van der Waals surface area contributed by atoms with E-state index in [1.165, 1.54) is 16.5 Å². The van der Waals surface area contributed by atoms with Crippen molar-refractivity contribution in [2.45, 2.75) is 24.5 Å². The minimum atomic E-state index is -0.410. The van der Waals surface area contributed by atoms with Gasteiger partial charge in [-0.05, 0) is 43.0 Å². The molecule has 2 saturated heterocycles. The second kappa shape index (κ2) is 5.81. The van der Waals surface area contributed by atoms with Gasteiger partial charge in [0.1, 0.15) is 12.1 Å². The van der Waals surface area contributed by atoms with Crippen LogP contribution >= 0.6 is 0 Å². The fourth-order valence-electron chi connectivity index (χ4n) is 5.50. The van der Waals surface area contributed by atoms with Crippen LogP contribution in [0, 0.1) is 5.92 Å². The highest BCUT2D eigenvalue weighted by Crippen LogP contribution is 2.49. The number of methoxy groups -OCH3 is 1. The lowest BCUT2D eigenvalue weighted by Crippen LogP contribution is -2.60. The number of likely N-dealkylation sites (tertiary alicyclic amines) is 1. The van der Waals surface area contributed by atoms with E-state index >= 15 is 0 Å². The molecule has 7 nitrogen and oxygen atoms in total. The maximum absolute atomic E-state index is 12.0. The van der Waals surface area contributed by atoms with Crippen LogP contribution in [0.3, 0.4) is 0 Å². The number of benzene rings is 1. The number of rotatable bonds is 3. The molecule has 2 aliphatic heterocycles. The van der Waals surface area contributed by atoms with E-state index in [9.17, 15) is 9.59 Å². The SMILES string of the molecule is COC12C[C@@H](CN3CC(=O)NC3=O)CN(C)[C@@H]1Cc1c[nH]c3cccc2c13. The fraction of sp³-hybridized carbons (Fsp3) is 0.500. The van der Waals surface area contributed by atoms with Crippen LogP contribution in [-0.2, 0) is 21.6 Å².